The van der Waals surface area contributed by atoms with Crippen LogP contribution in [0.25, 0.3) is 11.8 Å². The molecule has 1 unspecified atom stereocenters. The van der Waals surface area contributed by atoms with Crippen LogP contribution >= 0.6 is 11.6 Å². The molecule has 1 fully saturated rings. The topological polar surface area (TPSA) is 152 Å². The van der Waals surface area contributed by atoms with Gasteiger partial charge in [0.2, 0.25) is 17.7 Å². The summed E-state index contributed by atoms with van der Waals surface area (Å²) in [6.45, 7) is 6.31. The van der Waals surface area contributed by atoms with Gasteiger partial charge in [-0.2, -0.15) is 4.68 Å². The van der Waals surface area contributed by atoms with Gasteiger partial charge in [-0.05, 0) is 101 Å². The van der Waals surface area contributed by atoms with Crippen molar-refractivity contribution < 1.29 is 28.3 Å². The van der Waals surface area contributed by atoms with Crippen LogP contribution in [0.4, 0.5) is 10.1 Å². The van der Waals surface area contributed by atoms with Crippen molar-refractivity contribution in [3.8, 4) is 5.69 Å². The zero-order valence-corrected chi connectivity index (χ0v) is 27.6. The molecule has 15 heteroatoms. The highest BCUT2D eigenvalue weighted by Gasteiger charge is 2.29. The molecule has 3 aromatic rings. The second-order valence-corrected chi connectivity index (χ2v) is 12.7. The second kappa shape index (κ2) is 15.3. The van der Waals surface area contributed by atoms with Gasteiger partial charge in [0.25, 0.3) is 0 Å². The van der Waals surface area contributed by atoms with Crippen molar-refractivity contribution in [1.29, 1.82) is 0 Å². The summed E-state index contributed by atoms with van der Waals surface area (Å²) >= 11 is 5.98. The molecule has 0 saturated carbocycles. The molecule has 4 rings (SSSR count). The third-order valence-corrected chi connectivity index (χ3v) is 7.74. The van der Waals surface area contributed by atoms with E-state index in [0.717, 1.165) is 18.9 Å². The second-order valence-electron chi connectivity index (χ2n) is 12.3. The molecular weight excluding hydrogens is 631 g/mol. The Balaban J connectivity index is 1.51. The average molecular weight is 669 g/mol. The number of esters is 1. The molecule has 47 heavy (non-hydrogen) atoms. The molecule has 250 valence electrons. The van der Waals surface area contributed by atoms with E-state index in [1.807, 2.05) is 14.1 Å². The molecule has 3 amide bonds. The minimum Gasteiger partial charge on any atom is -0.456 e. The van der Waals surface area contributed by atoms with Crippen molar-refractivity contribution in [2.75, 3.05) is 32.5 Å². The number of anilines is 1. The van der Waals surface area contributed by atoms with E-state index in [0.29, 0.717) is 30.4 Å². The highest BCUT2D eigenvalue weighted by Crippen LogP contribution is 2.25. The summed E-state index contributed by atoms with van der Waals surface area (Å²) in [4.78, 5) is 56.1. The Hall–Kier alpha value is -4.69. The highest BCUT2D eigenvalue weighted by atomic mass is 35.5. The molecular formula is C32H38ClFN8O5. The molecule has 0 radical (unpaired) electrons. The summed E-state index contributed by atoms with van der Waals surface area (Å²) in [5, 5.41) is 16.0. The third kappa shape index (κ3) is 9.66. The number of hydrogen-bond donors (Lipinski definition) is 2. The lowest BCUT2D eigenvalue weighted by Crippen LogP contribution is -2.49. The predicted molar refractivity (Wildman–Crippen MR) is 173 cm³/mol. The Labute approximate surface area is 277 Å². The van der Waals surface area contributed by atoms with Gasteiger partial charge in [0.05, 0.1) is 22.7 Å². The van der Waals surface area contributed by atoms with Gasteiger partial charge in [0.1, 0.15) is 18.0 Å². The van der Waals surface area contributed by atoms with Gasteiger partial charge < -0.3 is 25.2 Å². The van der Waals surface area contributed by atoms with Crippen LogP contribution in [0.3, 0.4) is 0 Å². The van der Waals surface area contributed by atoms with E-state index in [2.05, 4.69) is 31.1 Å². The maximum atomic E-state index is 15.0. The first kappa shape index (κ1) is 35.2. The fourth-order valence-corrected chi connectivity index (χ4v) is 5.13. The lowest BCUT2D eigenvalue weighted by Gasteiger charge is -2.35. The van der Waals surface area contributed by atoms with Crippen molar-refractivity contribution in [1.82, 2.24) is 35.3 Å². The van der Waals surface area contributed by atoms with E-state index >= 15 is 4.39 Å². The van der Waals surface area contributed by atoms with Crippen LogP contribution in [0.15, 0.2) is 48.8 Å². The fraction of sp³-hybridized carbons (Fsp3) is 0.406. The third-order valence-electron chi connectivity index (χ3n) is 7.45. The Bertz CT molecular complexity index is 1620. The number of carbonyl (C=O) groups is 4. The molecule has 1 aliphatic rings. The number of nitrogens with one attached hydrogen (secondary N) is 2. The zero-order valence-electron chi connectivity index (χ0n) is 26.9. The van der Waals surface area contributed by atoms with Crippen molar-refractivity contribution >= 4 is 47.1 Å². The lowest BCUT2D eigenvalue weighted by atomic mass is 10.0. The van der Waals surface area contributed by atoms with Gasteiger partial charge >= 0.3 is 5.97 Å². The largest absolute Gasteiger partial charge is 0.456 e. The number of ether oxygens (including phenoxy) is 1. The molecule has 1 aliphatic heterocycles. The summed E-state index contributed by atoms with van der Waals surface area (Å²) in [6, 6.07) is 7.93. The number of piperidine rings is 1. The number of benzene rings is 2. The number of hydrogen-bond acceptors (Lipinski definition) is 9. The normalized spacial score (nSPS) is 14.7. The van der Waals surface area contributed by atoms with Crippen LogP contribution in [0.2, 0.25) is 5.02 Å². The van der Waals surface area contributed by atoms with Gasteiger partial charge in [-0.3, -0.25) is 14.4 Å². The fourth-order valence-electron chi connectivity index (χ4n) is 4.97. The number of rotatable bonds is 10. The van der Waals surface area contributed by atoms with Crippen LogP contribution in [0.1, 0.15) is 56.0 Å². The Morgan fingerprint density at radius 3 is 2.38 bits per heavy atom. The molecule has 0 spiro atoms. The first-order valence-corrected chi connectivity index (χ1v) is 15.4. The minimum absolute atomic E-state index is 0.0640. The standard InChI is InChI=1S/C32H38ClFN8O5/c1-32(2,3)47-31(46)20-6-8-21(9-7-20)36-30(45)25(18-28(44)41-16-14-22(15-17-41)40(4)5)37-27(43)13-10-23-26(42-19-35-38-39-42)12-11-24(33)29(23)34/h6-13,19,22,25H,14-18H2,1-5H3,(H,36,45)(H,37,43)/b13-10+. The van der Waals surface area contributed by atoms with Gasteiger partial charge in [0.15, 0.2) is 5.82 Å². The van der Waals surface area contributed by atoms with Gasteiger partial charge in [-0.1, -0.05) is 11.6 Å². The average Bonchev–Trinajstić information content (AvgIpc) is 3.56. The molecule has 2 heterocycles. The summed E-state index contributed by atoms with van der Waals surface area (Å²) in [7, 11) is 3.99. The molecule has 2 aromatic carbocycles. The first-order valence-electron chi connectivity index (χ1n) is 15.0. The van der Waals surface area contributed by atoms with E-state index in [4.69, 9.17) is 16.3 Å². The van der Waals surface area contributed by atoms with E-state index < -0.39 is 35.2 Å². The molecule has 1 saturated heterocycles. The highest BCUT2D eigenvalue weighted by molar-refractivity contribution is 6.31. The van der Waals surface area contributed by atoms with Crippen molar-refractivity contribution in [3.05, 3.63) is 70.8 Å². The van der Waals surface area contributed by atoms with Crippen LogP contribution in [0, 0.1) is 5.82 Å². The van der Waals surface area contributed by atoms with Crippen molar-refractivity contribution in [3.63, 3.8) is 0 Å². The molecule has 13 nitrogen and oxygen atoms in total. The SMILES string of the molecule is CN(C)C1CCN(C(=O)CC(NC(=O)/C=C/c2c(-n3cnnn3)ccc(Cl)c2F)C(=O)Nc2ccc(C(=O)OC(C)(C)C)cc2)CC1. The van der Waals surface area contributed by atoms with Gasteiger partial charge in [-0.25, -0.2) is 9.18 Å². The van der Waals surface area contributed by atoms with Crippen LogP contribution < -0.4 is 10.6 Å². The Morgan fingerprint density at radius 1 is 1.11 bits per heavy atom. The van der Waals surface area contributed by atoms with E-state index in [1.165, 1.54) is 53.5 Å². The summed E-state index contributed by atoms with van der Waals surface area (Å²) < 4.78 is 21.6. The minimum atomic E-state index is -1.28. The Kier molecular flexibility index (Phi) is 11.4. The van der Waals surface area contributed by atoms with Crippen molar-refractivity contribution in [2.24, 2.45) is 0 Å². The Morgan fingerprint density at radius 2 is 1.79 bits per heavy atom. The smallest absolute Gasteiger partial charge is 0.338 e. The van der Waals surface area contributed by atoms with Crippen LogP contribution in [0.5, 0.6) is 0 Å². The molecule has 1 aromatic heterocycles. The van der Waals surface area contributed by atoms with E-state index in [1.54, 1.807) is 25.7 Å². The number of likely N-dealkylation sites (tertiary alicyclic amines) is 1. The van der Waals surface area contributed by atoms with Gasteiger partial charge in [-0.15, -0.1) is 5.10 Å². The molecule has 0 bridgehead atoms. The van der Waals surface area contributed by atoms with Crippen LogP contribution in [-0.2, 0) is 19.1 Å². The monoisotopic (exact) mass is 668 g/mol. The maximum Gasteiger partial charge on any atom is 0.338 e. The van der Waals surface area contributed by atoms with Gasteiger partial charge in [0, 0.05) is 36.5 Å². The number of aromatic nitrogens is 4. The first-order chi connectivity index (χ1) is 22.2. The molecule has 0 aliphatic carbocycles. The van der Waals surface area contributed by atoms with Crippen molar-refractivity contribution in [2.45, 2.75) is 57.7 Å². The summed E-state index contributed by atoms with van der Waals surface area (Å²) in [5.74, 6) is -3.03. The lowest BCUT2D eigenvalue weighted by molar-refractivity contribution is -0.135. The maximum absolute atomic E-state index is 15.0. The number of halogens is 2. The van der Waals surface area contributed by atoms with E-state index in [-0.39, 0.29) is 28.6 Å². The summed E-state index contributed by atoms with van der Waals surface area (Å²) in [5.41, 5.74) is 0.111. The molecule has 1 atom stereocenters. The number of tetrazole rings is 1. The summed E-state index contributed by atoms with van der Waals surface area (Å²) in [6.07, 6.45) is 4.73. The molecule has 2 N–H and O–H groups in total. The quantitative estimate of drug-likeness (QED) is 0.244. The number of nitrogens with zero attached hydrogens (tertiary/aromatic N) is 6. The number of amides is 3. The number of carbonyl (C=O) groups excluding carboxylic acids is 4. The van der Waals surface area contributed by atoms with Crippen LogP contribution in [-0.4, -0.2) is 98.6 Å². The van der Waals surface area contributed by atoms with E-state index in [9.17, 15) is 19.2 Å². The zero-order chi connectivity index (χ0) is 34.3. The predicted octanol–water partition coefficient (Wildman–Crippen LogP) is 3.49.